The zero-order valence-corrected chi connectivity index (χ0v) is 10.7. The maximum Gasteiger partial charge on any atom is 0.301 e. The maximum atomic E-state index is 11.6. The Kier molecular flexibility index (Phi) is 3.44. The Labute approximate surface area is 96.4 Å². The van der Waals surface area contributed by atoms with Crippen LogP contribution >= 0.6 is 0 Å². The summed E-state index contributed by atoms with van der Waals surface area (Å²) in [6, 6.07) is 3.50. The van der Waals surface area contributed by atoms with Crippen LogP contribution in [0.1, 0.15) is 11.1 Å². The third kappa shape index (κ3) is 2.45. The van der Waals surface area contributed by atoms with Crippen molar-refractivity contribution in [2.75, 3.05) is 24.6 Å². The summed E-state index contributed by atoms with van der Waals surface area (Å²) < 4.78 is 26.8. The maximum absolute atomic E-state index is 11.6. The quantitative estimate of drug-likeness (QED) is 0.781. The van der Waals surface area contributed by atoms with E-state index in [0.717, 1.165) is 15.4 Å². The van der Waals surface area contributed by atoms with Gasteiger partial charge in [0.05, 0.1) is 5.69 Å². The van der Waals surface area contributed by atoms with Gasteiger partial charge in [0.15, 0.2) is 0 Å². The van der Waals surface area contributed by atoms with Gasteiger partial charge in [-0.15, -0.1) is 0 Å². The third-order valence-electron chi connectivity index (χ3n) is 2.45. The van der Waals surface area contributed by atoms with Gasteiger partial charge in [0.1, 0.15) is 0 Å². The summed E-state index contributed by atoms with van der Waals surface area (Å²) in [5, 5.41) is 0. The standard InChI is InChI=1S/C10H17N3O2S/c1-7-5-6-9(8(2)10(7)11)12-16(14,15)13(3)4/h5-6,12H,11H2,1-4H3. The first kappa shape index (κ1) is 12.8. The molecule has 0 aliphatic rings. The van der Waals surface area contributed by atoms with Crippen LogP contribution in [-0.4, -0.2) is 26.8 Å². The SMILES string of the molecule is Cc1ccc(NS(=O)(=O)N(C)C)c(C)c1N. The normalized spacial score (nSPS) is 11.8. The molecule has 0 aliphatic heterocycles. The van der Waals surface area contributed by atoms with Gasteiger partial charge in [-0.1, -0.05) is 6.07 Å². The summed E-state index contributed by atoms with van der Waals surface area (Å²) in [5.74, 6) is 0. The number of hydrogen-bond donors (Lipinski definition) is 2. The molecular weight excluding hydrogens is 226 g/mol. The first-order valence-corrected chi connectivity index (χ1v) is 6.25. The Morgan fingerprint density at radius 1 is 1.25 bits per heavy atom. The van der Waals surface area contributed by atoms with E-state index >= 15 is 0 Å². The van der Waals surface area contributed by atoms with Crippen molar-refractivity contribution in [3.05, 3.63) is 23.3 Å². The van der Waals surface area contributed by atoms with E-state index in [0.29, 0.717) is 11.4 Å². The van der Waals surface area contributed by atoms with Crippen LogP contribution in [0, 0.1) is 13.8 Å². The van der Waals surface area contributed by atoms with E-state index in [1.807, 2.05) is 6.92 Å². The van der Waals surface area contributed by atoms with Crippen molar-refractivity contribution in [1.29, 1.82) is 0 Å². The molecule has 90 valence electrons. The average molecular weight is 243 g/mol. The number of hydrogen-bond acceptors (Lipinski definition) is 3. The Morgan fingerprint density at radius 2 is 1.81 bits per heavy atom. The fourth-order valence-electron chi connectivity index (χ4n) is 1.20. The minimum absolute atomic E-state index is 0.511. The van der Waals surface area contributed by atoms with Crippen LogP contribution in [0.3, 0.4) is 0 Å². The largest absolute Gasteiger partial charge is 0.398 e. The molecule has 0 fully saturated rings. The van der Waals surface area contributed by atoms with E-state index < -0.39 is 10.2 Å². The van der Waals surface area contributed by atoms with Crippen molar-refractivity contribution in [2.24, 2.45) is 0 Å². The first-order valence-electron chi connectivity index (χ1n) is 4.81. The lowest BCUT2D eigenvalue weighted by molar-refractivity contribution is 0.527. The lowest BCUT2D eigenvalue weighted by Crippen LogP contribution is -2.29. The summed E-state index contributed by atoms with van der Waals surface area (Å²) in [6.07, 6.45) is 0. The summed E-state index contributed by atoms with van der Waals surface area (Å²) in [7, 11) is -0.541. The summed E-state index contributed by atoms with van der Waals surface area (Å²) in [6.45, 7) is 3.67. The van der Waals surface area contributed by atoms with Crippen LogP contribution in [0.2, 0.25) is 0 Å². The predicted molar refractivity (Wildman–Crippen MR) is 66.6 cm³/mol. The van der Waals surface area contributed by atoms with Crippen LogP contribution < -0.4 is 10.5 Å². The van der Waals surface area contributed by atoms with Crippen LogP contribution in [0.25, 0.3) is 0 Å². The van der Waals surface area contributed by atoms with Gasteiger partial charge in [-0.05, 0) is 31.0 Å². The number of aryl methyl sites for hydroxylation is 1. The minimum atomic E-state index is -3.48. The highest BCUT2D eigenvalue weighted by Crippen LogP contribution is 2.25. The molecule has 0 saturated heterocycles. The number of nitrogen functional groups attached to an aromatic ring is 1. The topological polar surface area (TPSA) is 75.4 Å². The van der Waals surface area contributed by atoms with Gasteiger partial charge in [0.25, 0.3) is 0 Å². The molecule has 0 aromatic heterocycles. The van der Waals surface area contributed by atoms with E-state index in [1.54, 1.807) is 19.1 Å². The Bertz CT molecular complexity index is 495. The lowest BCUT2D eigenvalue weighted by atomic mass is 10.1. The number of rotatable bonds is 3. The van der Waals surface area contributed by atoms with E-state index in [2.05, 4.69) is 4.72 Å². The second-order valence-electron chi connectivity index (χ2n) is 3.86. The molecule has 1 aromatic carbocycles. The molecule has 16 heavy (non-hydrogen) atoms. The van der Waals surface area contributed by atoms with Crippen molar-refractivity contribution in [3.63, 3.8) is 0 Å². The fraction of sp³-hybridized carbons (Fsp3) is 0.400. The Balaban J connectivity index is 3.14. The lowest BCUT2D eigenvalue weighted by Gasteiger charge is -2.16. The van der Waals surface area contributed by atoms with Crippen molar-refractivity contribution >= 4 is 21.6 Å². The molecular formula is C10H17N3O2S. The van der Waals surface area contributed by atoms with E-state index in [9.17, 15) is 8.42 Å². The van der Waals surface area contributed by atoms with Crippen LogP contribution in [-0.2, 0) is 10.2 Å². The van der Waals surface area contributed by atoms with Gasteiger partial charge in [-0.3, -0.25) is 4.72 Å². The van der Waals surface area contributed by atoms with E-state index in [-0.39, 0.29) is 0 Å². The van der Waals surface area contributed by atoms with Crippen molar-refractivity contribution in [1.82, 2.24) is 4.31 Å². The molecule has 6 heteroatoms. The van der Waals surface area contributed by atoms with E-state index in [4.69, 9.17) is 5.73 Å². The van der Waals surface area contributed by atoms with Gasteiger partial charge in [-0.25, -0.2) is 0 Å². The van der Waals surface area contributed by atoms with Crippen molar-refractivity contribution in [3.8, 4) is 0 Å². The molecule has 0 unspecified atom stereocenters. The molecule has 0 heterocycles. The monoisotopic (exact) mass is 243 g/mol. The van der Waals surface area contributed by atoms with Gasteiger partial charge in [0, 0.05) is 19.8 Å². The zero-order valence-electron chi connectivity index (χ0n) is 9.90. The molecule has 0 aliphatic carbocycles. The molecule has 0 spiro atoms. The number of nitrogens with two attached hydrogens (primary N) is 1. The highest BCUT2D eigenvalue weighted by atomic mass is 32.2. The number of anilines is 2. The Hall–Kier alpha value is -1.27. The Morgan fingerprint density at radius 3 is 2.31 bits per heavy atom. The van der Waals surface area contributed by atoms with Crippen molar-refractivity contribution < 1.29 is 8.42 Å². The zero-order chi connectivity index (χ0) is 12.5. The third-order valence-corrected chi connectivity index (χ3v) is 3.89. The number of nitrogens with zero attached hydrogens (tertiary/aromatic N) is 1. The molecule has 1 rings (SSSR count). The second kappa shape index (κ2) is 4.31. The first-order chi connectivity index (χ1) is 7.25. The molecule has 3 N–H and O–H groups in total. The predicted octanol–water partition coefficient (Wildman–Crippen LogP) is 1.10. The fourth-order valence-corrected chi connectivity index (χ4v) is 1.89. The van der Waals surface area contributed by atoms with Crippen molar-refractivity contribution in [2.45, 2.75) is 13.8 Å². The molecule has 1 aromatic rings. The highest BCUT2D eigenvalue weighted by molar-refractivity contribution is 7.90. The summed E-state index contributed by atoms with van der Waals surface area (Å²) >= 11 is 0. The number of nitrogens with one attached hydrogen (secondary N) is 1. The van der Waals surface area contributed by atoms with Crippen LogP contribution in [0.4, 0.5) is 11.4 Å². The number of benzene rings is 1. The van der Waals surface area contributed by atoms with Gasteiger partial charge in [0.2, 0.25) is 0 Å². The highest BCUT2D eigenvalue weighted by Gasteiger charge is 2.15. The molecule has 0 bridgehead atoms. The molecule has 0 amide bonds. The smallest absolute Gasteiger partial charge is 0.301 e. The molecule has 5 nitrogen and oxygen atoms in total. The van der Waals surface area contributed by atoms with Gasteiger partial charge in [-0.2, -0.15) is 12.7 Å². The summed E-state index contributed by atoms with van der Waals surface area (Å²) in [4.78, 5) is 0. The minimum Gasteiger partial charge on any atom is -0.398 e. The molecule has 0 atom stereocenters. The summed E-state index contributed by atoms with van der Waals surface area (Å²) in [5.41, 5.74) is 8.63. The molecule has 0 saturated carbocycles. The van der Waals surface area contributed by atoms with Crippen LogP contribution in [0.5, 0.6) is 0 Å². The van der Waals surface area contributed by atoms with Gasteiger partial charge >= 0.3 is 10.2 Å². The van der Waals surface area contributed by atoms with E-state index in [1.165, 1.54) is 14.1 Å². The van der Waals surface area contributed by atoms with Crippen LogP contribution in [0.15, 0.2) is 12.1 Å². The van der Waals surface area contributed by atoms with Gasteiger partial charge < -0.3 is 5.73 Å². The average Bonchev–Trinajstić information content (AvgIpc) is 2.19. The molecule has 0 radical (unpaired) electrons. The second-order valence-corrected chi connectivity index (χ2v) is 5.74.